The molecular weight excluding hydrogens is 349 g/mol. The zero-order valence-corrected chi connectivity index (χ0v) is 13.8. The van der Waals surface area contributed by atoms with E-state index in [-0.39, 0.29) is 11.3 Å². The van der Waals surface area contributed by atoms with E-state index in [9.17, 15) is 24.6 Å². The fourth-order valence-corrected chi connectivity index (χ4v) is 2.66. The van der Waals surface area contributed by atoms with Crippen molar-refractivity contribution in [3.8, 4) is 17.2 Å². The van der Waals surface area contributed by atoms with Crippen LogP contribution in [0, 0.1) is 27.3 Å². The number of anilines is 1. The number of nitro benzene ring substituents is 1. The first-order valence-corrected chi connectivity index (χ1v) is 7.85. The highest BCUT2D eigenvalue weighted by molar-refractivity contribution is 6.09. The van der Waals surface area contributed by atoms with Crippen LogP contribution in [0.2, 0.25) is 0 Å². The SMILES string of the molecule is N#Cc1ccccc1-c1ccccc1C(=O)Nc1ccc(F)c([N+](=O)[O-])c1. The van der Waals surface area contributed by atoms with Crippen LogP contribution in [0.4, 0.5) is 15.8 Å². The average molecular weight is 361 g/mol. The van der Waals surface area contributed by atoms with Crippen LogP contribution >= 0.6 is 0 Å². The number of nitriles is 1. The fourth-order valence-electron chi connectivity index (χ4n) is 2.66. The van der Waals surface area contributed by atoms with E-state index in [0.717, 1.165) is 12.1 Å². The maximum absolute atomic E-state index is 13.5. The number of carbonyl (C=O) groups excluding carboxylic acids is 1. The van der Waals surface area contributed by atoms with E-state index in [1.807, 2.05) is 0 Å². The van der Waals surface area contributed by atoms with E-state index in [1.165, 1.54) is 6.07 Å². The van der Waals surface area contributed by atoms with Crippen LogP contribution in [0.5, 0.6) is 0 Å². The summed E-state index contributed by atoms with van der Waals surface area (Å²) >= 11 is 0. The van der Waals surface area contributed by atoms with Crippen molar-refractivity contribution in [3.05, 3.63) is 93.8 Å². The maximum Gasteiger partial charge on any atom is 0.306 e. The van der Waals surface area contributed by atoms with Gasteiger partial charge in [-0.3, -0.25) is 14.9 Å². The number of benzene rings is 3. The topological polar surface area (TPSA) is 96.0 Å². The number of carbonyl (C=O) groups is 1. The van der Waals surface area contributed by atoms with E-state index >= 15 is 0 Å². The first-order chi connectivity index (χ1) is 13.0. The summed E-state index contributed by atoms with van der Waals surface area (Å²) < 4.78 is 13.5. The second-order valence-electron chi connectivity index (χ2n) is 5.58. The van der Waals surface area contributed by atoms with Gasteiger partial charge < -0.3 is 5.32 Å². The molecule has 0 radical (unpaired) electrons. The molecule has 0 saturated carbocycles. The van der Waals surface area contributed by atoms with Crippen molar-refractivity contribution in [2.45, 2.75) is 0 Å². The molecule has 0 aliphatic rings. The Balaban J connectivity index is 1.99. The lowest BCUT2D eigenvalue weighted by molar-refractivity contribution is -0.387. The van der Waals surface area contributed by atoms with Crippen molar-refractivity contribution >= 4 is 17.3 Å². The molecule has 0 aliphatic heterocycles. The van der Waals surface area contributed by atoms with E-state index in [2.05, 4.69) is 11.4 Å². The zero-order chi connectivity index (χ0) is 19.4. The summed E-state index contributed by atoms with van der Waals surface area (Å²) in [7, 11) is 0. The second kappa shape index (κ2) is 7.45. The molecule has 132 valence electrons. The average Bonchev–Trinajstić information content (AvgIpc) is 2.69. The lowest BCUT2D eigenvalue weighted by atomic mass is 9.95. The molecule has 1 N–H and O–H groups in total. The Bertz CT molecular complexity index is 1090. The van der Waals surface area contributed by atoms with Crippen LogP contribution in [-0.4, -0.2) is 10.8 Å². The van der Waals surface area contributed by atoms with Crippen molar-refractivity contribution in [2.24, 2.45) is 0 Å². The van der Waals surface area contributed by atoms with Crippen LogP contribution in [-0.2, 0) is 0 Å². The molecule has 7 heteroatoms. The van der Waals surface area contributed by atoms with Gasteiger partial charge in [-0.2, -0.15) is 9.65 Å². The highest BCUT2D eigenvalue weighted by Crippen LogP contribution is 2.28. The monoisotopic (exact) mass is 361 g/mol. The van der Waals surface area contributed by atoms with Crippen LogP contribution in [0.1, 0.15) is 15.9 Å². The Labute approximate surface area is 153 Å². The van der Waals surface area contributed by atoms with Crippen molar-refractivity contribution in [1.29, 1.82) is 5.26 Å². The number of nitrogens with one attached hydrogen (secondary N) is 1. The van der Waals surface area contributed by atoms with Crippen LogP contribution < -0.4 is 5.32 Å². The molecule has 27 heavy (non-hydrogen) atoms. The van der Waals surface area contributed by atoms with Crippen LogP contribution in [0.3, 0.4) is 0 Å². The number of amides is 1. The number of nitro groups is 1. The molecule has 0 unspecified atom stereocenters. The molecule has 0 fully saturated rings. The van der Waals surface area contributed by atoms with E-state index in [0.29, 0.717) is 16.7 Å². The summed E-state index contributed by atoms with van der Waals surface area (Å²) in [5, 5.41) is 22.7. The summed E-state index contributed by atoms with van der Waals surface area (Å²) in [4.78, 5) is 22.7. The molecule has 1 amide bonds. The highest BCUT2D eigenvalue weighted by Gasteiger charge is 2.18. The Kier molecular flexibility index (Phi) is 4.90. The number of hydrogen-bond donors (Lipinski definition) is 1. The van der Waals surface area contributed by atoms with Gasteiger partial charge in [0.1, 0.15) is 0 Å². The molecule has 3 aromatic rings. The normalized spacial score (nSPS) is 10.1. The van der Waals surface area contributed by atoms with Crippen molar-refractivity contribution < 1.29 is 14.1 Å². The minimum Gasteiger partial charge on any atom is -0.322 e. The number of halogens is 1. The minimum atomic E-state index is -0.985. The Morgan fingerprint density at radius 3 is 2.41 bits per heavy atom. The highest BCUT2D eigenvalue weighted by atomic mass is 19.1. The molecule has 0 heterocycles. The number of rotatable bonds is 4. The van der Waals surface area contributed by atoms with Gasteiger partial charge in [-0.05, 0) is 29.8 Å². The molecule has 0 saturated heterocycles. The molecule has 0 aliphatic carbocycles. The summed E-state index contributed by atoms with van der Waals surface area (Å²) in [6.07, 6.45) is 0. The van der Waals surface area contributed by atoms with Gasteiger partial charge >= 0.3 is 5.69 Å². The predicted molar refractivity (Wildman–Crippen MR) is 97.6 cm³/mol. The van der Waals surface area contributed by atoms with Crippen molar-refractivity contribution in [3.63, 3.8) is 0 Å². The lowest BCUT2D eigenvalue weighted by Gasteiger charge is -2.11. The van der Waals surface area contributed by atoms with Gasteiger partial charge in [0.25, 0.3) is 5.91 Å². The quantitative estimate of drug-likeness (QED) is 0.545. The molecule has 0 atom stereocenters. The van der Waals surface area contributed by atoms with Gasteiger partial charge in [-0.25, -0.2) is 0 Å². The molecular formula is C20H12FN3O3. The zero-order valence-electron chi connectivity index (χ0n) is 13.8. The first-order valence-electron chi connectivity index (χ1n) is 7.85. The summed E-state index contributed by atoms with van der Waals surface area (Å²) in [6, 6.07) is 18.8. The number of nitrogens with zero attached hydrogens (tertiary/aromatic N) is 2. The molecule has 6 nitrogen and oxygen atoms in total. The summed E-state index contributed by atoms with van der Waals surface area (Å²) in [5.74, 6) is -1.51. The third-order valence-corrected chi connectivity index (χ3v) is 3.91. The van der Waals surface area contributed by atoms with Crippen molar-refractivity contribution in [2.75, 3.05) is 5.32 Å². The van der Waals surface area contributed by atoms with Crippen LogP contribution in [0.25, 0.3) is 11.1 Å². The lowest BCUT2D eigenvalue weighted by Crippen LogP contribution is -2.13. The Morgan fingerprint density at radius 1 is 1.04 bits per heavy atom. The van der Waals surface area contributed by atoms with Gasteiger partial charge in [-0.15, -0.1) is 0 Å². The van der Waals surface area contributed by atoms with Crippen LogP contribution in [0.15, 0.2) is 66.7 Å². The largest absolute Gasteiger partial charge is 0.322 e. The fraction of sp³-hybridized carbons (Fsp3) is 0. The van der Waals surface area contributed by atoms with E-state index in [4.69, 9.17) is 0 Å². The molecule has 3 rings (SSSR count). The first kappa shape index (κ1) is 17.8. The van der Waals surface area contributed by atoms with E-state index < -0.39 is 22.3 Å². The predicted octanol–water partition coefficient (Wildman–Crippen LogP) is 4.52. The Morgan fingerprint density at radius 2 is 1.70 bits per heavy atom. The van der Waals surface area contributed by atoms with Gasteiger partial charge in [0, 0.05) is 22.9 Å². The smallest absolute Gasteiger partial charge is 0.306 e. The molecule has 0 spiro atoms. The Hall–Kier alpha value is -4.05. The van der Waals surface area contributed by atoms with Crippen molar-refractivity contribution in [1.82, 2.24) is 0 Å². The van der Waals surface area contributed by atoms with Gasteiger partial charge in [-0.1, -0.05) is 36.4 Å². The third-order valence-electron chi connectivity index (χ3n) is 3.91. The summed E-state index contributed by atoms with van der Waals surface area (Å²) in [5.41, 5.74) is 1.20. The second-order valence-corrected chi connectivity index (χ2v) is 5.58. The van der Waals surface area contributed by atoms with Gasteiger partial charge in [0.05, 0.1) is 16.6 Å². The third kappa shape index (κ3) is 3.65. The number of hydrogen-bond acceptors (Lipinski definition) is 4. The minimum absolute atomic E-state index is 0.0940. The van der Waals surface area contributed by atoms with Gasteiger partial charge in [0.2, 0.25) is 5.82 Å². The van der Waals surface area contributed by atoms with E-state index in [1.54, 1.807) is 48.5 Å². The van der Waals surface area contributed by atoms with Gasteiger partial charge in [0.15, 0.2) is 0 Å². The molecule has 0 bridgehead atoms. The molecule has 3 aromatic carbocycles. The summed E-state index contributed by atoms with van der Waals surface area (Å²) in [6.45, 7) is 0. The maximum atomic E-state index is 13.5. The standard InChI is InChI=1S/C20H12FN3O3/c21-18-10-9-14(11-19(18)24(26)27)23-20(25)17-8-4-3-7-16(17)15-6-2-1-5-13(15)12-22/h1-11H,(H,23,25). The molecule has 0 aromatic heterocycles.